The predicted octanol–water partition coefficient (Wildman–Crippen LogP) is 17.3. The van der Waals surface area contributed by atoms with E-state index in [1.165, 1.54) is 148 Å². The lowest BCUT2D eigenvalue weighted by Gasteiger charge is -2.24. The van der Waals surface area contributed by atoms with Crippen molar-refractivity contribution in [3.8, 4) is 0 Å². The van der Waals surface area contributed by atoms with E-state index in [0.29, 0.717) is 19.3 Å². The molecule has 3 atom stereocenters. The number of amides is 1. The third kappa shape index (κ3) is 47.8. The van der Waals surface area contributed by atoms with E-state index in [1.54, 1.807) is 0 Å². The Morgan fingerprint density at radius 3 is 1.33 bits per heavy atom. The van der Waals surface area contributed by atoms with Gasteiger partial charge in [0.2, 0.25) is 5.91 Å². The number of hydrogen-bond acceptors (Lipinski definition) is 5. The van der Waals surface area contributed by atoms with Crippen molar-refractivity contribution >= 4 is 11.9 Å². The average Bonchev–Trinajstić information content (AvgIpc) is 3.31. The van der Waals surface area contributed by atoms with Gasteiger partial charge >= 0.3 is 5.97 Å². The molecular formula is C60H107NO5. The number of aliphatic hydroxyl groups is 2. The molecule has 382 valence electrons. The smallest absolute Gasteiger partial charge is 0.306 e. The lowest BCUT2D eigenvalue weighted by Crippen LogP contribution is -2.46. The summed E-state index contributed by atoms with van der Waals surface area (Å²) in [5, 5.41) is 23.8. The fourth-order valence-corrected chi connectivity index (χ4v) is 8.22. The molecule has 0 spiro atoms. The van der Waals surface area contributed by atoms with Crippen molar-refractivity contribution in [3.63, 3.8) is 0 Å². The van der Waals surface area contributed by atoms with Crippen LogP contribution >= 0.6 is 0 Å². The van der Waals surface area contributed by atoms with Crippen LogP contribution in [-0.2, 0) is 14.3 Å². The second-order valence-electron chi connectivity index (χ2n) is 19.0. The number of carbonyl (C=O) groups is 2. The molecule has 0 aromatic carbocycles. The van der Waals surface area contributed by atoms with E-state index in [2.05, 4.69) is 92.9 Å². The zero-order valence-corrected chi connectivity index (χ0v) is 43.6. The van der Waals surface area contributed by atoms with Gasteiger partial charge < -0.3 is 20.3 Å². The molecule has 0 aliphatic rings. The van der Waals surface area contributed by atoms with Gasteiger partial charge in [-0.15, -0.1) is 0 Å². The van der Waals surface area contributed by atoms with Gasteiger partial charge in [0.25, 0.3) is 0 Å². The second kappa shape index (κ2) is 53.3. The maximum Gasteiger partial charge on any atom is 0.306 e. The maximum atomic E-state index is 13.2. The van der Waals surface area contributed by atoms with Crippen molar-refractivity contribution in [3.05, 3.63) is 72.9 Å². The van der Waals surface area contributed by atoms with E-state index >= 15 is 0 Å². The van der Waals surface area contributed by atoms with Crippen molar-refractivity contribution in [1.82, 2.24) is 5.32 Å². The standard InChI is InChI=1S/C60H107NO5/c1-4-7-10-13-16-19-22-25-28-29-30-32-35-38-41-44-47-50-53-60(65)66-56(51-48-45-42-39-36-33-31-26-23-20-17-14-11-8-5-2)54-59(64)61-57(55-62)58(63)52-49-46-43-40-37-34-27-24-21-18-15-12-9-6-3/h17,20,26,28-32,36,39,45,48,56-58,62-63H,4-16,18-19,21-25,27,33-35,37-38,40-44,46-47,49-55H2,1-3H3,(H,61,64)/b20-17-,29-28+,31-26-,32-30+,39-36-,48-45-. The third-order valence-corrected chi connectivity index (χ3v) is 12.5. The molecule has 3 N–H and O–H groups in total. The Morgan fingerprint density at radius 1 is 0.470 bits per heavy atom. The molecule has 66 heavy (non-hydrogen) atoms. The molecule has 0 heterocycles. The van der Waals surface area contributed by atoms with E-state index in [0.717, 1.165) is 77.0 Å². The van der Waals surface area contributed by atoms with Crippen LogP contribution in [0.3, 0.4) is 0 Å². The van der Waals surface area contributed by atoms with Gasteiger partial charge in [-0.3, -0.25) is 9.59 Å². The van der Waals surface area contributed by atoms with Crippen LogP contribution in [0, 0.1) is 0 Å². The van der Waals surface area contributed by atoms with Crippen LogP contribution in [0.1, 0.15) is 271 Å². The number of nitrogens with one attached hydrogen (secondary N) is 1. The number of aliphatic hydroxyl groups excluding tert-OH is 2. The lowest BCUT2D eigenvalue weighted by atomic mass is 10.0. The SMILES string of the molecule is CCCCC/C=C\C/C=C\C/C=C\C/C=C\CC(CC(=O)NC(CO)C(O)CCCCCCCCCCCCCCCC)OC(=O)CCCCCCC/C=C/C=C/CCCCCCCCC. The number of rotatable bonds is 50. The van der Waals surface area contributed by atoms with Crippen LogP contribution in [0.4, 0.5) is 0 Å². The highest BCUT2D eigenvalue weighted by Crippen LogP contribution is 2.16. The maximum absolute atomic E-state index is 13.2. The third-order valence-electron chi connectivity index (χ3n) is 12.5. The fourth-order valence-electron chi connectivity index (χ4n) is 8.22. The molecule has 3 unspecified atom stereocenters. The molecule has 0 bridgehead atoms. The van der Waals surface area contributed by atoms with E-state index in [1.807, 2.05) is 6.08 Å². The molecule has 0 fully saturated rings. The minimum absolute atomic E-state index is 0.00628. The Bertz CT molecular complexity index is 1220. The first-order valence-electron chi connectivity index (χ1n) is 28.2. The zero-order valence-electron chi connectivity index (χ0n) is 43.6. The van der Waals surface area contributed by atoms with Gasteiger partial charge in [-0.1, -0.05) is 254 Å². The van der Waals surface area contributed by atoms with Gasteiger partial charge in [-0.05, 0) is 70.6 Å². The van der Waals surface area contributed by atoms with Crippen LogP contribution in [0.5, 0.6) is 0 Å². The van der Waals surface area contributed by atoms with Gasteiger partial charge in [0.05, 0.1) is 25.2 Å². The number of ether oxygens (including phenoxy) is 1. The molecule has 6 heteroatoms. The summed E-state index contributed by atoms with van der Waals surface area (Å²) in [4.78, 5) is 26.2. The Hall–Kier alpha value is -2.70. The van der Waals surface area contributed by atoms with Crippen LogP contribution in [0.2, 0.25) is 0 Å². The summed E-state index contributed by atoms with van der Waals surface area (Å²) in [5.74, 6) is -0.591. The molecule has 0 aliphatic heterocycles. The zero-order chi connectivity index (χ0) is 48.1. The normalized spacial score (nSPS) is 13.7. The Morgan fingerprint density at radius 2 is 0.848 bits per heavy atom. The van der Waals surface area contributed by atoms with Crippen LogP contribution in [0.25, 0.3) is 0 Å². The molecule has 0 aliphatic carbocycles. The number of hydrogen-bond donors (Lipinski definition) is 3. The summed E-state index contributed by atoms with van der Waals surface area (Å²) in [6, 6.07) is -0.737. The molecule has 0 radical (unpaired) electrons. The second-order valence-corrected chi connectivity index (χ2v) is 19.0. The summed E-state index contributed by atoms with van der Waals surface area (Å²) in [6.07, 6.45) is 68.4. The number of allylic oxidation sites excluding steroid dienone is 11. The highest BCUT2D eigenvalue weighted by Gasteiger charge is 2.23. The molecule has 1 amide bonds. The largest absolute Gasteiger partial charge is 0.461 e. The average molecular weight is 923 g/mol. The first-order chi connectivity index (χ1) is 32.5. The summed E-state index contributed by atoms with van der Waals surface area (Å²) in [6.45, 7) is 6.43. The van der Waals surface area contributed by atoms with Gasteiger partial charge in [0, 0.05) is 12.8 Å². The van der Waals surface area contributed by atoms with Crippen molar-refractivity contribution in [2.24, 2.45) is 0 Å². The number of carbonyl (C=O) groups excluding carboxylic acids is 2. The topological polar surface area (TPSA) is 95.9 Å². The molecular weight excluding hydrogens is 815 g/mol. The first-order valence-corrected chi connectivity index (χ1v) is 28.2. The van der Waals surface area contributed by atoms with E-state index in [9.17, 15) is 19.8 Å². The van der Waals surface area contributed by atoms with Crippen molar-refractivity contribution in [1.29, 1.82) is 0 Å². The van der Waals surface area contributed by atoms with Crippen LogP contribution < -0.4 is 5.32 Å². The molecule has 0 rings (SSSR count). The fraction of sp³-hybridized carbons (Fsp3) is 0.767. The van der Waals surface area contributed by atoms with Gasteiger partial charge in [-0.25, -0.2) is 0 Å². The summed E-state index contributed by atoms with van der Waals surface area (Å²) in [7, 11) is 0. The minimum Gasteiger partial charge on any atom is -0.461 e. The summed E-state index contributed by atoms with van der Waals surface area (Å²) >= 11 is 0. The Balaban J connectivity index is 4.70. The monoisotopic (exact) mass is 922 g/mol. The quantitative estimate of drug-likeness (QED) is 0.0244. The first kappa shape index (κ1) is 63.3. The van der Waals surface area contributed by atoms with E-state index in [-0.39, 0.29) is 24.9 Å². The van der Waals surface area contributed by atoms with E-state index in [4.69, 9.17) is 4.74 Å². The van der Waals surface area contributed by atoms with Crippen molar-refractivity contribution in [2.75, 3.05) is 6.61 Å². The van der Waals surface area contributed by atoms with Gasteiger partial charge in [0.15, 0.2) is 0 Å². The molecule has 0 saturated heterocycles. The summed E-state index contributed by atoms with van der Waals surface area (Å²) in [5.41, 5.74) is 0. The van der Waals surface area contributed by atoms with Crippen molar-refractivity contribution in [2.45, 2.75) is 289 Å². The molecule has 0 aromatic heterocycles. The van der Waals surface area contributed by atoms with Crippen LogP contribution in [-0.4, -0.2) is 46.9 Å². The Kier molecular flexibility index (Phi) is 51.1. The van der Waals surface area contributed by atoms with E-state index < -0.39 is 18.2 Å². The lowest BCUT2D eigenvalue weighted by molar-refractivity contribution is -0.150. The highest BCUT2D eigenvalue weighted by atomic mass is 16.5. The minimum atomic E-state index is -0.816. The molecule has 0 saturated carbocycles. The van der Waals surface area contributed by atoms with Gasteiger partial charge in [0.1, 0.15) is 6.10 Å². The predicted molar refractivity (Wildman–Crippen MR) is 287 cm³/mol. The molecule has 0 aromatic rings. The van der Waals surface area contributed by atoms with Crippen molar-refractivity contribution < 1.29 is 24.5 Å². The Labute approximate surface area is 409 Å². The summed E-state index contributed by atoms with van der Waals surface area (Å²) < 4.78 is 5.88. The van der Waals surface area contributed by atoms with Crippen LogP contribution in [0.15, 0.2) is 72.9 Å². The highest BCUT2D eigenvalue weighted by molar-refractivity contribution is 5.77. The number of unbranched alkanes of at least 4 members (excludes halogenated alkanes) is 28. The molecule has 6 nitrogen and oxygen atoms in total. The van der Waals surface area contributed by atoms with Gasteiger partial charge in [-0.2, -0.15) is 0 Å². The number of esters is 1.